The molecule has 1 aliphatic heterocycles. The van der Waals surface area contributed by atoms with Crippen molar-refractivity contribution in [3.8, 4) is 0 Å². The van der Waals surface area contributed by atoms with Gasteiger partial charge in [0.15, 0.2) is 5.65 Å². The second-order valence-electron chi connectivity index (χ2n) is 3.36. The van der Waals surface area contributed by atoms with Gasteiger partial charge in [0, 0.05) is 19.8 Å². The van der Waals surface area contributed by atoms with Gasteiger partial charge in [0.25, 0.3) is 0 Å². The van der Waals surface area contributed by atoms with Gasteiger partial charge in [-0.15, -0.1) is 0 Å². The maximum atomic E-state index is 4.35. The van der Waals surface area contributed by atoms with Crippen molar-refractivity contribution in [3.05, 3.63) is 18.6 Å². The van der Waals surface area contributed by atoms with E-state index in [-0.39, 0.29) is 0 Å². The molecule has 2 N–H and O–H groups in total. The Labute approximate surface area is 81.2 Å². The van der Waals surface area contributed by atoms with Gasteiger partial charge in [0.1, 0.15) is 5.52 Å². The highest BCUT2D eigenvalue weighted by Gasteiger charge is 2.24. The standard InChI is InChI=1S/C9H11N5/c1-10-6-2-3-11-9-8(6)13-5-14(9)7-4-12-7/h2-3,5,7,12H,4H2,1H3,(H,10,11). The van der Waals surface area contributed by atoms with E-state index in [2.05, 4.69) is 25.2 Å². The van der Waals surface area contributed by atoms with Crippen LogP contribution >= 0.6 is 0 Å². The highest BCUT2D eigenvalue weighted by molar-refractivity contribution is 5.85. The van der Waals surface area contributed by atoms with Crippen LogP contribution in [0, 0.1) is 0 Å². The van der Waals surface area contributed by atoms with Gasteiger partial charge in [0.2, 0.25) is 0 Å². The molecule has 1 fully saturated rings. The van der Waals surface area contributed by atoms with Crippen LogP contribution in [0.15, 0.2) is 18.6 Å². The summed E-state index contributed by atoms with van der Waals surface area (Å²) in [4.78, 5) is 8.68. The maximum Gasteiger partial charge on any atom is 0.163 e. The fourth-order valence-corrected chi connectivity index (χ4v) is 1.61. The number of hydrogen-bond donors (Lipinski definition) is 2. The molecule has 0 amide bonds. The first-order chi connectivity index (χ1) is 6.90. The second kappa shape index (κ2) is 2.68. The van der Waals surface area contributed by atoms with Gasteiger partial charge in [-0.3, -0.25) is 9.88 Å². The average molecular weight is 189 g/mol. The van der Waals surface area contributed by atoms with E-state index in [4.69, 9.17) is 0 Å². The minimum absolute atomic E-state index is 0.389. The van der Waals surface area contributed by atoms with Gasteiger partial charge in [-0.1, -0.05) is 0 Å². The van der Waals surface area contributed by atoms with Crippen molar-refractivity contribution in [1.82, 2.24) is 19.9 Å². The monoisotopic (exact) mass is 189 g/mol. The van der Waals surface area contributed by atoms with Crippen LogP contribution in [0.3, 0.4) is 0 Å². The maximum absolute atomic E-state index is 4.35. The molecular weight excluding hydrogens is 178 g/mol. The molecule has 1 aliphatic rings. The van der Waals surface area contributed by atoms with Gasteiger partial charge < -0.3 is 5.32 Å². The Kier molecular flexibility index (Phi) is 1.49. The molecule has 2 aromatic heterocycles. The number of anilines is 1. The second-order valence-corrected chi connectivity index (χ2v) is 3.36. The fourth-order valence-electron chi connectivity index (χ4n) is 1.61. The van der Waals surface area contributed by atoms with E-state index in [1.807, 2.05) is 19.4 Å². The Morgan fingerprint density at radius 2 is 2.43 bits per heavy atom. The summed E-state index contributed by atoms with van der Waals surface area (Å²) in [5.74, 6) is 0. The summed E-state index contributed by atoms with van der Waals surface area (Å²) < 4.78 is 2.07. The van der Waals surface area contributed by atoms with Crippen molar-refractivity contribution in [2.75, 3.05) is 18.9 Å². The van der Waals surface area contributed by atoms with Gasteiger partial charge in [0.05, 0.1) is 18.2 Å². The number of nitrogens with zero attached hydrogens (tertiary/aromatic N) is 3. The topological polar surface area (TPSA) is 64.7 Å². The van der Waals surface area contributed by atoms with Gasteiger partial charge in [-0.25, -0.2) is 9.97 Å². The molecule has 1 saturated heterocycles. The van der Waals surface area contributed by atoms with Crippen LogP contribution in [0.4, 0.5) is 5.69 Å². The fraction of sp³-hybridized carbons (Fsp3) is 0.333. The number of imidazole rings is 1. The largest absolute Gasteiger partial charge is 0.386 e. The van der Waals surface area contributed by atoms with E-state index in [0.29, 0.717) is 6.17 Å². The average Bonchev–Trinajstić information content (AvgIpc) is 2.97. The van der Waals surface area contributed by atoms with Crippen LogP contribution < -0.4 is 10.6 Å². The lowest BCUT2D eigenvalue weighted by Gasteiger charge is -2.01. The Morgan fingerprint density at radius 3 is 3.14 bits per heavy atom. The molecule has 0 aliphatic carbocycles. The highest BCUT2D eigenvalue weighted by Crippen LogP contribution is 2.23. The Hall–Kier alpha value is -1.62. The van der Waals surface area contributed by atoms with E-state index >= 15 is 0 Å². The summed E-state index contributed by atoms with van der Waals surface area (Å²) in [5.41, 5.74) is 2.89. The molecule has 0 saturated carbocycles. The third kappa shape index (κ3) is 0.990. The molecule has 0 radical (unpaired) electrons. The summed E-state index contributed by atoms with van der Waals surface area (Å²) in [5, 5.41) is 6.34. The van der Waals surface area contributed by atoms with Crippen LogP contribution in [0.25, 0.3) is 11.2 Å². The molecule has 14 heavy (non-hydrogen) atoms. The van der Waals surface area contributed by atoms with Crippen molar-refractivity contribution in [2.45, 2.75) is 6.17 Å². The van der Waals surface area contributed by atoms with Crippen LogP contribution in [0.5, 0.6) is 0 Å². The zero-order chi connectivity index (χ0) is 9.54. The van der Waals surface area contributed by atoms with E-state index in [1.165, 1.54) is 0 Å². The number of pyridine rings is 1. The van der Waals surface area contributed by atoms with Crippen LogP contribution in [0.1, 0.15) is 6.17 Å². The van der Waals surface area contributed by atoms with Crippen molar-refractivity contribution in [2.24, 2.45) is 0 Å². The SMILES string of the molecule is CNc1ccnc2c1ncn2C1CN1. The first kappa shape index (κ1) is 7.75. The summed E-state index contributed by atoms with van der Waals surface area (Å²) in [6, 6.07) is 1.93. The van der Waals surface area contributed by atoms with Crippen molar-refractivity contribution < 1.29 is 0 Å². The normalized spacial score (nSPS) is 19.9. The van der Waals surface area contributed by atoms with Gasteiger partial charge >= 0.3 is 0 Å². The molecule has 5 nitrogen and oxygen atoms in total. The minimum atomic E-state index is 0.389. The molecular formula is C9H11N5. The predicted octanol–water partition coefficient (Wildman–Crippen LogP) is 0.575. The first-order valence-electron chi connectivity index (χ1n) is 4.63. The van der Waals surface area contributed by atoms with Crippen LogP contribution in [-0.2, 0) is 0 Å². The molecule has 1 unspecified atom stereocenters. The summed E-state index contributed by atoms with van der Waals surface area (Å²) >= 11 is 0. The smallest absolute Gasteiger partial charge is 0.163 e. The molecule has 5 heteroatoms. The number of aromatic nitrogens is 3. The Morgan fingerprint density at radius 1 is 1.57 bits per heavy atom. The lowest BCUT2D eigenvalue weighted by atomic mass is 10.3. The number of nitrogens with one attached hydrogen (secondary N) is 2. The van der Waals surface area contributed by atoms with Crippen molar-refractivity contribution in [1.29, 1.82) is 0 Å². The quantitative estimate of drug-likeness (QED) is 0.678. The van der Waals surface area contributed by atoms with Gasteiger partial charge in [-0.2, -0.15) is 0 Å². The summed E-state index contributed by atoms with van der Waals surface area (Å²) in [6.07, 6.45) is 4.03. The number of rotatable bonds is 2. The Bertz CT molecular complexity index is 471. The van der Waals surface area contributed by atoms with Gasteiger partial charge in [-0.05, 0) is 6.07 Å². The third-order valence-electron chi connectivity index (χ3n) is 2.45. The molecule has 72 valence electrons. The minimum Gasteiger partial charge on any atom is -0.386 e. The molecule has 3 heterocycles. The molecule has 2 aromatic rings. The zero-order valence-corrected chi connectivity index (χ0v) is 7.86. The summed E-state index contributed by atoms with van der Waals surface area (Å²) in [7, 11) is 1.89. The third-order valence-corrected chi connectivity index (χ3v) is 2.45. The van der Waals surface area contributed by atoms with E-state index in [0.717, 1.165) is 23.4 Å². The molecule has 1 atom stereocenters. The molecule has 3 rings (SSSR count). The molecule has 0 spiro atoms. The van der Waals surface area contributed by atoms with E-state index in [1.54, 1.807) is 6.20 Å². The number of fused-ring (bicyclic) bond motifs is 1. The van der Waals surface area contributed by atoms with E-state index in [9.17, 15) is 0 Å². The van der Waals surface area contributed by atoms with Crippen LogP contribution in [0.2, 0.25) is 0 Å². The Balaban J connectivity index is 2.25. The highest BCUT2D eigenvalue weighted by atomic mass is 15.3. The predicted molar refractivity (Wildman–Crippen MR) is 54.1 cm³/mol. The molecule has 0 bridgehead atoms. The summed E-state index contributed by atoms with van der Waals surface area (Å²) in [6.45, 7) is 1.01. The van der Waals surface area contributed by atoms with Crippen LogP contribution in [-0.4, -0.2) is 28.1 Å². The molecule has 0 aromatic carbocycles. The van der Waals surface area contributed by atoms with E-state index < -0.39 is 0 Å². The van der Waals surface area contributed by atoms with Crippen molar-refractivity contribution >= 4 is 16.9 Å². The first-order valence-corrected chi connectivity index (χ1v) is 4.63. The number of hydrogen-bond acceptors (Lipinski definition) is 4. The lowest BCUT2D eigenvalue weighted by molar-refractivity contribution is 0.742. The zero-order valence-electron chi connectivity index (χ0n) is 7.86. The lowest BCUT2D eigenvalue weighted by Crippen LogP contribution is -1.97. The van der Waals surface area contributed by atoms with Crippen molar-refractivity contribution in [3.63, 3.8) is 0 Å².